The van der Waals surface area contributed by atoms with Gasteiger partial charge in [-0.3, -0.25) is 4.79 Å². The van der Waals surface area contributed by atoms with E-state index >= 15 is 0 Å². The number of carbonyl (C=O) groups is 1. The van der Waals surface area contributed by atoms with Crippen molar-refractivity contribution in [2.75, 3.05) is 25.4 Å². The summed E-state index contributed by atoms with van der Waals surface area (Å²) in [7, 11) is 0. The van der Waals surface area contributed by atoms with Gasteiger partial charge in [-0.15, -0.1) is 0 Å². The highest BCUT2D eigenvalue weighted by molar-refractivity contribution is 5.79. The van der Waals surface area contributed by atoms with E-state index in [2.05, 4.69) is 6.92 Å². The number of morpholine rings is 1. The molecule has 0 aliphatic carbocycles. The third kappa shape index (κ3) is 3.23. The van der Waals surface area contributed by atoms with E-state index in [9.17, 15) is 4.79 Å². The molecule has 0 spiro atoms. The average Bonchev–Trinajstić information content (AvgIpc) is 2.41. The van der Waals surface area contributed by atoms with Gasteiger partial charge in [0.15, 0.2) is 0 Å². The lowest BCUT2D eigenvalue weighted by atomic mass is 10.1. The van der Waals surface area contributed by atoms with Crippen molar-refractivity contribution in [3.63, 3.8) is 0 Å². The molecule has 0 saturated carbocycles. The molecule has 1 amide bonds. The molecule has 98 valence electrons. The van der Waals surface area contributed by atoms with Gasteiger partial charge in [0.25, 0.3) is 0 Å². The maximum atomic E-state index is 12.2. The first-order valence-corrected chi connectivity index (χ1v) is 6.43. The molecule has 1 unspecified atom stereocenters. The number of nitrogens with two attached hydrogens (primary N) is 1. The molecule has 1 atom stereocenters. The van der Waals surface area contributed by atoms with Gasteiger partial charge in [-0.1, -0.05) is 19.1 Å². The zero-order chi connectivity index (χ0) is 13.0. The molecule has 1 aliphatic heterocycles. The van der Waals surface area contributed by atoms with Crippen molar-refractivity contribution in [2.45, 2.75) is 25.9 Å². The quantitative estimate of drug-likeness (QED) is 0.824. The van der Waals surface area contributed by atoms with Crippen LogP contribution in [0.1, 0.15) is 18.9 Å². The first-order chi connectivity index (χ1) is 8.69. The monoisotopic (exact) mass is 248 g/mol. The normalized spacial score (nSPS) is 19.8. The minimum absolute atomic E-state index is 0.168. The molecular formula is C14H20N2O2. The van der Waals surface area contributed by atoms with Crippen LogP contribution in [0.4, 0.5) is 5.69 Å². The fourth-order valence-corrected chi connectivity index (χ4v) is 2.11. The van der Waals surface area contributed by atoms with Gasteiger partial charge in [-0.2, -0.15) is 0 Å². The van der Waals surface area contributed by atoms with E-state index in [1.807, 2.05) is 29.2 Å². The molecular weight excluding hydrogens is 228 g/mol. The summed E-state index contributed by atoms with van der Waals surface area (Å²) in [5.74, 6) is 0.168. The Kier molecular flexibility index (Phi) is 4.20. The number of ether oxygens (including phenoxy) is 1. The van der Waals surface area contributed by atoms with Crippen LogP contribution in [-0.2, 0) is 16.0 Å². The Morgan fingerprint density at radius 1 is 1.44 bits per heavy atom. The zero-order valence-electron chi connectivity index (χ0n) is 10.8. The second-order valence-corrected chi connectivity index (χ2v) is 4.66. The maximum absolute atomic E-state index is 12.2. The van der Waals surface area contributed by atoms with E-state index in [0.717, 1.165) is 17.7 Å². The van der Waals surface area contributed by atoms with Gasteiger partial charge < -0.3 is 15.4 Å². The van der Waals surface area contributed by atoms with Crippen molar-refractivity contribution in [3.8, 4) is 0 Å². The Bertz CT molecular complexity index is 403. The number of benzene rings is 1. The van der Waals surface area contributed by atoms with E-state index < -0.39 is 0 Å². The summed E-state index contributed by atoms with van der Waals surface area (Å²) in [5, 5.41) is 0. The Balaban J connectivity index is 1.93. The largest absolute Gasteiger partial charge is 0.399 e. The first kappa shape index (κ1) is 12.9. The predicted molar refractivity (Wildman–Crippen MR) is 71.2 cm³/mol. The van der Waals surface area contributed by atoms with Crippen LogP contribution in [0, 0.1) is 0 Å². The Labute approximate surface area is 108 Å². The van der Waals surface area contributed by atoms with Crippen molar-refractivity contribution in [3.05, 3.63) is 29.8 Å². The lowest BCUT2D eigenvalue weighted by Crippen LogP contribution is -2.45. The Morgan fingerprint density at radius 2 is 2.17 bits per heavy atom. The Hall–Kier alpha value is -1.55. The summed E-state index contributed by atoms with van der Waals surface area (Å²) < 4.78 is 5.56. The van der Waals surface area contributed by atoms with E-state index in [4.69, 9.17) is 10.5 Å². The van der Waals surface area contributed by atoms with Gasteiger partial charge in [0.1, 0.15) is 0 Å². The van der Waals surface area contributed by atoms with Gasteiger partial charge in [0.05, 0.1) is 19.1 Å². The van der Waals surface area contributed by atoms with Gasteiger partial charge in [-0.05, 0) is 24.1 Å². The van der Waals surface area contributed by atoms with Crippen LogP contribution < -0.4 is 5.73 Å². The fourth-order valence-electron chi connectivity index (χ4n) is 2.11. The molecule has 1 aromatic rings. The van der Waals surface area contributed by atoms with E-state index in [1.165, 1.54) is 0 Å². The van der Waals surface area contributed by atoms with Crippen molar-refractivity contribution in [1.29, 1.82) is 0 Å². The summed E-state index contributed by atoms with van der Waals surface area (Å²) >= 11 is 0. The molecule has 0 bridgehead atoms. The minimum atomic E-state index is 0.168. The molecule has 2 N–H and O–H groups in total. The van der Waals surface area contributed by atoms with E-state index in [-0.39, 0.29) is 12.0 Å². The summed E-state index contributed by atoms with van der Waals surface area (Å²) in [6.45, 7) is 4.14. The SMILES string of the molecule is CCC1CN(C(=O)Cc2ccc(N)cc2)CCO1. The Morgan fingerprint density at radius 3 is 2.83 bits per heavy atom. The van der Waals surface area contributed by atoms with Crippen LogP contribution in [0.15, 0.2) is 24.3 Å². The third-order valence-corrected chi connectivity index (χ3v) is 3.28. The van der Waals surface area contributed by atoms with Crippen LogP contribution in [0.5, 0.6) is 0 Å². The van der Waals surface area contributed by atoms with Crippen molar-refractivity contribution < 1.29 is 9.53 Å². The van der Waals surface area contributed by atoms with E-state index in [0.29, 0.717) is 26.1 Å². The number of anilines is 1. The molecule has 1 fully saturated rings. The summed E-state index contributed by atoms with van der Waals surface area (Å²) in [6, 6.07) is 7.48. The number of hydrogen-bond acceptors (Lipinski definition) is 3. The number of carbonyl (C=O) groups excluding carboxylic acids is 1. The summed E-state index contributed by atoms with van der Waals surface area (Å²) in [4.78, 5) is 14.0. The zero-order valence-corrected chi connectivity index (χ0v) is 10.8. The lowest BCUT2D eigenvalue weighted by molar-refractivity contribution is -0.138. The molecule has 1 saturated heterocycles. The highest BCUT2D eigenvalue weighted by Gasteiger charge is 2.22. The second kappa shape index (κ2) is 5.87. The van der Waals surface area contributed by atoms with E-state index in [1.54, 1.807) is 0 Å². The molecule has 0 radical (unpaired) electrons. The topological polar surface area (TPSA) is 55.6 Å². The minimum Gasteiger partial charge on any atom is -0.399 e. The standard InChI is InChI=1S/C14H20N2O2/c1-2-13-10-16(7-8-18-13)14(17)9-11-3-5-12(15)6-4-11/h3-6,13H,2,7-10,15H2,1H3. The number of amides is 1. The van der Waals surface area contributed by atoms with Crippen molar-refractivity contribution in [2.24, 2.45) is 0 Å². The molecule has 4 nitrogen and oxygen atoms in total. The maximum Gasteiger partial charge on any atom is 0.227 e. The van der Waals surface area contributed by atoms with Gasteiger partial charge in [0, 0.05) is 18.8 Å². The molecule has 1 aromatic carbocycles. The average molecular weight is 248 g/mol. The van der Waals surface area contributed by atoms with Crippen LogP contribution in [0.2, 0.25) is 0 Å². The summed E-state index contributed by atoms with van der Waals surface area (Å²) in [5.41, 5.74) is 7.36. The third-order valence-electron chi connectivity index (χ3n) is 3.28. The summed E-state index contributed by atoms with van der Waals surface area (Å²) in [6.07, 6.45) is 1.58. The predicted octanol–water partition coefficient (Wildman–Crippen LogP) is 1.45. The van der Waals surface area contributed by atoms with Crippen LogP contribution in [-0.4, -0.2) is 36.6 Å². The second-order valence-electron chi connectivity index (χ2n) is 4.66. The molecule has 18 heavy (non-hydrogen) atoms. The first-order valence-electron chi connectivity index (χ1n) is 6.43. The fraction of sp³-hybridized carbons (Fsp3) is 0.500. The van der Waals surface area contributed by atoms with Gasteiger partial charge >= 0.3 is 0 Å². The number of hydrogen-bond donors (Lipinski definition) is 1. The van der Waals surface area contributed by atoms with Crippen molar-refractivity contribution in [1.82, 2.24) is 4.90 Å². The molecule has 4 heteroatoms. The molecule has 1 heterocycles. The van der Waals surface area contributed by atoms with Gasteiger partial charge in [0.2, 0.25) is 5.91 Å². The molecule has 0 aromatic heterocycles. The molecule has 2 rings (SSSR count). The smallest absolute Gasteiger partial charge is 0.227 e. The van der Waals surface area contributed by atoms with Crippen LogP contribution in [0.25, 0.3) is 0 Å². The van der Waals surface area contributed by atoms with Crippen LogP contribution >= 0.6 is 0 Å². The lowest BCUT2D eigenvalue weighted by Gasteiger charge is -2.32. The van der Waals surface area contributed by atoms with Gasteiger partial charge in [-0.25, -0.2) is 0 Å². The molecule has 1 aliphatic rings. The van der Waals surface area contributed by atoms with Crippen molar-refractivity contribution >= 4 is 11.6 Å². The van der Waals surface area contributed by atoms with Crippen LogP contribution in [0.3, 0.4) is 0 Å². The number of nitrogen functional groups attached to an aromatic ring is 1. The highest BCUT2D eigenvalue weighted by Crippen LogP contribution is 2.12. The number of rotatable bonds is 3. The number of nitrogens with zero attached hydrogens (tertiary/aromatic N) is 1. The highest BCUT2D eigenvalue weighted by atomic mass is 16.5.